The molecule has 4 atom stereocenters. The number of nitrogens with zero attached hydrogens (tertiary/aromatic N) is 4. The van der Waals surface area contributed by atoms with Crippen molar-refractivity contribution >= 4 is 17.6 Å². The Labute approximate surface area is 165 Å². The zero-order valence-corrected chi connectivity index (χ0v) is 16.5. The molecule has 3 fully saturated rings. The minimum Gasteiger partial charge on any atom is -0.495 e. The quantitative estimate of drug-likeness (QED) is 0.784. The molecule has 0 radical (unpaired) electrons. The molecule has 0 spiro atoms. The van der Waals surface area contributed by atoms with E-state index in [1.165, 1.54) is 4.90 Å². The number of carbonyl (C=O) groups excluding carboxylic acids is 2. The van der Waals surface area contributed by atoms with Crippen LogP contribution in [0.25, 0.3) is 0 Å². The smallest absolute Gasteiger partial charge is 0.328 e. The Morgan fingerprint density at radius 2 is 2.04 bits per heavy atom. The molecule has 0 aliphatic carbocycles. The summed E-state index contributed by atoms with van der Waals surface area (Å²) in [5, 5.41) is 3.52. The van der Waals surface area contributed by atoms with Crippen LogP contribution in [-0.2, 0) is 4.79 Å². The maximum atomic E-state index is 13.2. The number of anilines is 1. The lowest BCUT2D eigenvalue weighted by Crippen LogP contribution is -2.66. The van der Waals surface area contributed by atoms with Crippen molar-refractivity contribution in [1.82, 2.24) is 20.0 Å². The van der Waals surface area contributed by atoms with Gasteiger partial charge >= 0.3 is 6.03 Å². The van der Waals surface area contributed by atoms with E-state index in [-0.39, 0.29) is 30.9 Å². The van der Waals surface area contributed by atoms with Gasteiger partial charge in [0, 0.05) is 26.7 Å². The fraction of sp³-hybridized carbons (Fsp3) is 0.500. The van der Waals surface area contributed by atoms with Crippen LogP contribution < -0.4 is 15.0 Å². The Kier molecular flexibility index (Phi) is 4.76. The average Bonchev–Trinajstić information content (AvgIpc) is 3.08. The summed E-state index contributed by atoms with van der Waals surface area (Å²) in [5.41, 5.74) is 0.974. The van der Waals surface area contributed by atoms with Crippen molar-refractivity contribution < 1.29 is 14.3 Å². The van der Waals surface area contributed by atoms with Gasteiger partial charge in [0.2, 0.25) is 0 Å². The van der Waals surface area contributed by atoms with Gasteiger partial charge in [0.25, 0.3) is 5.91 Å². The highest BCUT2D eigenvalue weighted by molar-refractivity contribution is 6.00. The van der Waals surface area contributed by atoms with Crippen molar-refractivity contribution in [2.75, 3.05) is 38.7 Å². The van der Waals surface area contributed by atoms with Crippen LogP contribution in [0.15, 0.2) is 36.9 Å². The van der Waals surface area contributed by atoms with Crippen LogP contribution in [0.1, 0.15) is 6.92 Å². The third-order valence-corrected chi connectivity index (χ3v) is 5.79. The maximum Gasteiger partial charge on any atom is 0.328 e. The van der Waals surface area contributed by atoms with Crippen LogP contribution in [-0.4, -0.2) is 78.9 Å². The standard InChI is InChI=1S/C20H27N5O3/c1-5-10-23-18(26)16-17(22(3)20(23)27)21-19-24(11-13(2)12-25(16)19)14-8-6-7-9-15(14)28-4/h5-9,13,16-17,19,21H,1,10-12H2,2-4H3. The minimum absolute atomic E-state index is 0.169. The Bertz CT molecular complexity index is 800. The van der Waals surface area contributed by atoms with E-state index in [0.29, 0.717) is 5.92 Å². The predicted octanol–water partition coefficient (Wildman–Crippen LogP) is 1.11. The molecule has 4 unspecified atom stereocenters. The van der Waals surface area contributed by atoms with E-state index in [9.17, 15) is 9.59 Å². The van der Waals surface area contributed by atoms with Gasteiger partial charge in [-0.1, -0.05) is 25.1 Å². The number of carbonyl (C=O) groups is 2. The van der Waals surface area contributed by atoms with E-state index in [2.05, 4.69) is 28.6 Å². The minimum atomic E-state index is -0.424. The Hall–Kier alpha value is -2.58. The first-order valence-corrected chi connectivity index (χ1v) is 9.58. The average molecular weight is 385 g/mol. The lowest BCUT2D eigenvalue weighted by Gasteiger charge is -2.46. The summed E-state index contributed by atoms with van der Waals surface area (Å²) >= 11 is 0. The van der Waals surface area contributed by atoms with Crippen molar-refractivity contribution in [3.63, 3.8) is 0 Å². The van der Waals surface area contributed by atoms with Gasteiger partial charge < -0.3 is 14.5 Å². The summed E-state index contributed by atoms with van der Waals surface area (Å²) in [6.07, 6.45) is 1.03. The third kappa shape index (κ3) is 2.75. The summed E-state index contributed by atoms with van der Waals surface area (Å²) in [4.78, 5) is 33.2. The molecule has 0 bridgehead atoms. The zero-order valence-electron chi connectivity index (χ0n) is 16.5. The second-order valence-corrected chi connectivity index (χ2v) is 7.69. The number of methoxy groups -OCH3 is 1. The van der Waals surface area contributed by atoms with E-state index in [1.807, 2.05) is 24.3 Å². The van der Waals surface area contributed by atoms with Gasteiger partial charge in [0.15, 0.2) is 0 Å². The van der Waals surface area contributed by atoms with Gasteiger partial charge in [-0.15, -0.1) is 6.58 Å². The lowest BCUT2D eigenvalue weighted by molar-refractivity contribution is -0.138. The van der Waals surface area contributed by atoms with Crippen molar-refractivity contribution in [3.05, 3.63) is 36.9 Å². The van der Waals surface area contributed by atoms with Crippen molar-refractivity contribution in [2.24, 2.45) is 5.92 Å². The summed E-state index contributed by atoms with van der Waals surface area (Å²) < 4.78 is 5.57. The Morgan fingerprint density at radius 3 is 2.75 bits per heavy atom. The first-order valence-electron chi connectivity index (χ1n) is 9.58. The van der Waals surface area contributed by atoms with Crippen LogP contribution in [0.2, 0.25) is 0 Å². The summed E-state index contributed by atoms with van der Waals surface area (Å²) in [7, 11) is 3.40. The number of nitrogens with one attached hydrogen (secondary N) is 1. The number of rotatable bonds is 4. The number of hydrogen-bond acceptors (Lipinski definition) is 6. The molecule has 3 heterocycles. The number of fused-ring (bicyclic) bond motifs is 3. The van der Waals surface area contributed by atoms with Crippen molar-refractivity contribution in [1.29, 1.82) is 0 Å². The van der Waals surface area contributed by atoms with Crippen LogP contribution in [0.5, 0.6) is 5.75 Å². The molecular weight excluding hydrogens is 358 g/mol. The number of ether oxygens (including phenoxy) is 1. The zero-order chi connectivity index (χ0) is 20.0. The highest BCUT2D eigenvalue weighted by Crippen LogP contribution is 2.37. The molecular formula is C20H27N5O3. The van der Waals surface area contributed by atoms with Crippen molar-refractivity contribution in [3.8, 4) is 5.75 Å². The lowest BCUT2D eigenvalue weighted by atomic mass is 10.0. The van der Waals surface area contributed by atoms with Crippen LogP contribution in [0.4, 0.5) is 10.5 Å². The van der Waals surface area contributed by atoms with Gasteiger partial charge in [-0.3, -0.25) is 19.9 Å². The van der Waals surface area contributed by atoms with E-state index in [1.54, 1.807) is 25.1 Å². The highest BCUT2D eigenvalue weighted by atomic mass is 16.5. The van der Waals surface area contributed by atoms with Gasteiger partial charge in [-0.05, 0) is 18.1 Å². The second kappa shape index (κ2) is 7.10. The van der Waals surface area contributed by atoms with E-state index < -0.39 is 6.04 Å². The molecule has 0 saturated carbocycles. The number of para-hydroxylation sites is 2. The monoisotopic (exact) mass is 385 g/mol. The Balaban J connectivity index is 1.72. The second-order valence-electron chi connectivity index (χ2n) is 7.69. The normalized spacial score (nSPS) is 30.3. The maximum absolute atomic E-state index is 13.2. The number of hydrogen-bond donors (Lipinski definition) is 1. The van der Waals surface area contributed by atoms with Crippen LogP contribution in [0.3, 0.4) is 0 Å². The number of urea groups is 1. The summed E-state index contributed by atoms with van der Waals surface area (Å²) in [5.74, 6) is 0.972. The van der Waals surface area contributed by atoms with Crippen LogP contribution in [0, 0.1) is 5.92 Å². The van der Waals surface area contributed by atoms with Gasteiger partial charge in [0.1, 0.15) is 24.2 Å². The molecule has 3 aliphatic rings. The summed E-state index contributed by atoms with van der Waals surface area (Å²) in [6.45, 7) is 7.68. The molecule has 3 amide bonds. The van der Waals surface area contributed by atoms with Crippen molar-refractivity contribution in [2.45, 2.75) is 25.4 Å². The summed E-state index contributed by atoms with van der Waals surface area (Å²) in [6, 6.07) is 7.17. The third-order valence-electron chi connectivity index (χ3n) is 5.79. The Morgan fingerprint density at radius 1 is 1.29 bits per heavy atom. The molecule has 8 nitrogen and oxygen atoms in total. The molecule has 3 saturated heterocycles. The molecule has 28 heavy (non-hydrogen) atoms. The fourth-order valence-corrected chi connectivity index (χ4v) is 4.57. The van der Waals surface area contributed by atoms with E-state index in [0.717, 1.165) is 24.5 Å². The molecule has 0 aromatic heterocycles. The number of likely N-dealkylation sites (N-methyl/N-ethyl adjacent to an activating group) is 1. The topological polar surface area (TPSA) is 68.4 Å². The molecule has 1 aromatic carbocycles. The molecule has 3 aliphatic heterocycles. The number of imide groups is 1. The van der Waals surface area contributed by atoms with Gasteiger partial charge in [-0.25, -0.2) is 4.79 Å². The molecule has 4 rings (SSSR count). The molecule has 8 heteroatoms. The molecule has 150 valence electrons. The SMILES string of the molecule is C=CCN1C(=O)C2C(NC3N(c4ccccc4OC)CC(C)CN23)N(C)C1=O. The first kappa shape index (κ1) is 18.8. The fourth-order valence-electron chi connectivity index (χ4n) is 4.57. The number of amides is 3. The van der Waals surface area contributed by atoms with Gasteiger partial charge in [0.05, 0.1) is 12.8 Å². The van der Waals surface area contributed by atoms with Gasteiger partial charge in [-0.2, -0.15) is 0 Å². The van der Waals surface area contributed by atoms with Crippen LogP contribution >= 0.6 is 0 Å². The highest BCUT2D eigenvalue weighted by Gasteiger charge is 2.56. The largest absolute Gasteiger partial charge is 0.495 e. The molecule has 1 N–H and O–H groups in total. The number of benzene rings is 1. The first-order chi connectivity index (χ1) is 13.5. The molecule has 1 aromatic rings. The predicted molar refractivity (Wildman–Crippen MR) is 106 cm³/mol. The van der Waals surface area contributed by atoms with E-state index >= 15 is 0 Å². The van der Waals surface area contributed by atoms with E-state index in [4.69, 9.17) is 4.74 Å².